The molecule has 0 saturated heterocycles. The van der Waals surface area contributed by atoms with Gasteiger partial charge in [-0.05, 0) is 13.0 Å². The third kappa shape index (κ3) is 2.78. The number of aromatic nitrogens is 4. The van der Waals surface area contributed by atoms with E-state index in [1.165, 1.54) is 23.0 Å². The molecule has 2 aromatic heterocycles. The molecule has 1 aromatic carbocycles. The topological polar surface area (TPSA) is 77.7 Å². The molecule has 0 aliphatic carbocycles. The highest BCUT2D eigenvalue weighted by Gasteiger charge is 2.24. The monoisotopic (exact) mass is 361 g/mol. The molecule has 1 amide bonds. The van der Waals surface area contributed by atoms with E-state index in [1.807, 2.05) is 24.0 Å². The third-order valence-corrected chi connectivity index (χ3v) is 5.36. The van der Waals surface area contributed by atoms with Crippen LogP contribution in [0.5, 0.6) is 0 Å². The van der Waals surface area contributed by atoms with Crippen LogP contribution in [-0.4, -0.2) is 43.3 Å². The third-order valence-electron chi connectivity index (χ3n) is 4.21. The van der Waals surface area contributed by atoms with Gasteiger partial charge in [-0.2, -0.15) is 0 Å². The summed E-state index contributed by atoms with van der Waals surface area (Å²) in [4.78, 5) is 22.0. The van der Waals surface area contributed by atoms with Crippen LogP contribution < -0.4 is 0 Å². The predicted molar refractivity (Wildman–Crippen MR) is 94.3 cm³/mol. The lowest BCUT2D eigenvalue weighted by Gasteiger charge is -2.27. The summed E-state index contributed by atoms with van der Waals surface area (Å²) in [5.74, 6) is 1.20. The van der Waals surface area contributed by atoms with Crippen LogP contribution in [0.2, 0.25) is 5.02 Å². The molecule has 124 valence electrons. The number of H-pyrrole nitrogens is 2. The fourth-order valence-corrected chi connectivity index (χ4v) is 3.99. The molecule has 8 heteroatoms. The maximum Gasteiger partial charge on any atom is 0.233 e. The number of fused-ring (bicyclic) bond motifs is 3. The highest BCUT2D eigenvalue weighted by molar-refractivity contribution is 7.99. The lowest BCUT2D eigenvalue weighted by atomic mass is 10.0. The predicted octanol–water partition coefficient (Wildman–Crippen LogP) is 2.92. The van der Waals surface area contributed by atoms with Crippen molar-refractivity contribution in [2.75, 3.05) is 12.3 Å². The van der Waals surface area contributed by atoms with Gasteiger partial charge in [0.05, 0.1) is 16.3 Å². The van der Waals surface area contributed by atoms with Gasteiger partial charge in [0.15, 0.2) is 0 Å². The summed E-state index contributed by atoms with van der Waals surface area (Å²) in [6, 6.07) is 5.88. The Morgan fingerprint density at radius 3 is 3.12 bits per heavy atom. The van der Waals surface area contributed by atoms with Crippen LogP contribution in [0.25, 0.3) is 10.9 Å². The van der Waals surface area contributed by atoms with Crippen LogP contribution in [0.4, 0.5) is 0 Å². The van der Waals surface area contributed by atoms with Gasteiger partial charge in [-0.1, -0.05) is 35.5 Å². The summed E-state index contributed by atoms with van der Waals surface area (Å²) < 4.78 is 0. The zero-order valence-electron chi connectivity index (χ0n) is 13.1. The highest BCUT2D eigenvalue weighted by atomic mass is 35.5. The zero-order chi connectivity index (χ0) is 16.7. The van der Waals surface area contributed by atoms with Gasteiger partial charge >= 0.3 is 0 Å². The van der Waals surface area contributed by atoms with Crippen LogP contribution in [0.15, 0.2) is 23.4 Å². The minimum absolute atomic E-state index is 0.101. The number of rotatable bonds is 3. The number of nitrogens with one attached hydrogen (secondary N) is 2. The van der Waals surface area contributed by atoms with E-state index in [-0.39, 0.29) is 5.91 Å². The summed E-state index contributed by atoms with van der Waals surface area (Å²) in [5, 5.41) is 9.26. The molecule has 0 saturated carbocycles. The van der Waals surface area contributed by atoms with Gasteiger partial charge in [-0.15, -0.1) is 5.10 Å². The van der Waals surface area contributed by atoms with Crippen molar-refractivity contribution in [1.29, 1.82) is 0 Å². The van der Waals surface area contributed by atoms with E-state index in [4.69, 9.17) is 11.6 Å². The van der Waals surface area contributed by atoms with Gasteiger partial charge in [0.1, 0.15) is 5.82 Å². The molecule has 3 heterocycles. The molecule has 4 rings (SSSR count). The normalized spacial score (nSPS) is 14.2. The van der Waals surface area contributed by atoms with Crippen molar-refractivity contribution in [2.45, 2.75) is 25.0 Å². The number of thioether (sulfide) groups is 1. The number of nitrogens with zero attached hydrogens (tertiary/aromatic N) is 3. The number of hydrogen-bond acceptors (Lipinski definition) is 4. The number of carbonyl (C=O) groups excluding carboxylic acids is 1. The molecule has 0 bridgehead atoms. The van der Waals surface area contributed by atoms with Crippen LogP contribution in [0, 0.1) is 6.92 Å². The maximum absolute atomic E-state index is 12.5. The fraction of sp³-hybridized carbons (Fsp3) is 0.312. The Labute approximate surface area is 148 Å². The standard InChI is InChI=1S/C16H16ClN5OS/c1-9-18-16(21-20-9)24-8-14(23)22-6-5-13-11(7-22)10-3-2-4-12(17)15(10)19-13/h2-4,19H,5-8H2,1H3,(H,18,20,21). The Kier molecular flexibility index (Phi) is 3.97. The highest BCUT2D eigenvalue weighted by Crippen LogP contribution is 2.31. The molecule has 1 aliphatic heterocycles. The average molecular weight is 362 g/mol. The number of aryl methyl sites for hydroxylation is 1. The van der Waals surface area contributed by atoms with E-state index in [2.05, 4.69) is 26.2 Å². The van der Waals surface area contributed by atoms with Crippen molar-refractivity contribution in [2.24, 2.45) is 0 Å². The number of halogens is 1. The SMILES string of the molecule is Cc1nc(SCC(=O)N2CCc3[nH]c4c(Cl)cccc4c3C2)n[nH]1. The fourth-order valence-electron chi connectivity index (χ4n) is 3.02. The molecule has 3 aromatic rings. The molecular formula is C16H16ClN5OS. The van der Waals surface area contributed by atoms with Crippen molar-refractivity contribution in [3.8, 4) is 0 Å². The molecular weight excluding hydrogens is 346 g/mol. The lowest BCUT2D eigenvalue weighted by Crippen LogP contribution is -2.36. The number of para-hydroxylation sites is 1. The van der Waals surface area contributed by atoms with Gasteiger partial charge < -0.3 is 9.88 Å². The van der Waals surface area contributed by atoms with Crippen molar-refractivity contribution in [3.63, 3.8) is 0 Å². The first-order chi connectivity index (χ1) is 11.6. The number of carbonyl (C=O) groups is 1. The summed E-state index contributed by atoms with van der Waals surface area (Å²) in [6.45, 7) is 3.17. The van der Waals surface area contributed by atoms with Crippen LogP contribution in [0.1, 0.15) is 17.1 Å². The first-order valence-electron chi connectivity index (χ1n) is 7.69. The first kappa shape index (κ1) is 15.5. The Morgan fingerprint density at radius 2 is 2.33 bits per heavy atom. The van der Waals surface area contributed by atoms with E-state index in [0.717, 1.165) is 28.2 Å². The van der Waals surface area contributed by atoms with Crippen LogP contribution in [0.3, 0.4) is 0 Å². The largest absolute Gasteiger partial charge is 0.357 e. The second kappa shape index (κ2) is 6.14. The number of hydrogen-bond donors (Lipinski definition) is 2. The van der Waals surface area contributed by atoms with Gasteiger partial charge in [0.25, 0.3) is 0 Å². The Hall–Kier alpha value is -1.99. The van der Waals surface area contributed by atoms with Crippen molar-refractivity contribution in [3.05, 3.63) is 40.3 Å². The summed E-state index contributed by atoms with van der Waals surface area (Å²) >= 11 is 7.62. The Bertz CT molecular complexity index is 918. The Balaban J connectivity index is 1.50. The number of aromatic amines is 2. The van der Waals surface area contributed by atoms with E-state index in [9.17, 15) is 4.79 Å². The molecule has 0 unspecified atom stereocenters. The first-order valence-corrected chi connectivity index (χ1v) is 9.05. The molecule has 1 aliphatic rings. The maximum atomic E-state index is 12.5. The van der Waals surface area contributed by atoms with Gasteiger partial charge in [-0.25, -0.2) is 4.98 Å². The molecule has 0 radical (unpaired) electrons. The van der Waals surface area contributed by atoms with Crippen molar-refractivity contribution in [1.82, 2.24) is 25.1 Å². The minimum atomic E-state index is 0.101. The molecule has 6 nitrogen and oxygen atoms in total. The minimum Gasteiger partial charge on any atom is -0.357 e. The average Bonchev–Trinajstić information content (AvgIpc) is 3.16. The number of benzene rings is 1. The summed E-state index contributed by atoms with van der Waals surface area (Å²) in [5.41, 5.74) is 3.31. The molecule has 2 N–H and O–H groups in total. The van der Waals surface area contributed by atoms with E-state index in [0.29, 0.717) is 24.0 Å². The molecule has 0 atom stereocenters. The molecule has 0 spiro atoms. The second-order valence-corrected chi connectivity index (χ2v) is 7.15. The van der Waals surface area contributed by atoms with Crippen LogP contribution >= 0.6 is 23.4 Å². The smallest absolute Gasteiger partial charge is 0.233 e. The van der Waals surface area contributed by atoms with Gasteiger partial charge in [0.2, 0.25) is 11.1 Å². The Morgan fingerprint density at radius 1 is 1.46 bits per heavy atom. The summed E-state index contributed by atoms with van der Waals surface area (Å²) in [6.07, 6.45) is 0.816. The molecule has 0 fully saturated rings. The van der Waals surface area contributed by atoms with E-state index < -0.39 is 0 Å². The van der Waals surface area contributed by atoms with Gasteiger partial charge in [0, 0.05) is 36.2 Å². The van der Waals surface area contributed by atoms with Gasteiger partial charge in [-0.3, -0.25) is 9.89 Å². The summed E-state index contributed by atoms with van der Waals surface area (Å²) in [7, 11) is 0. The van der Waals surface area contributed by atoms with Crippen LogP contribution in [-0.2, 0) is 17.8 Å². The number of amides is 1. The lowest BCUT2D eigenvalue weighted by molar-refractivity contribution is -0.129. The second-order valence-electron chi connectivity index (χ2n) is 5.80. The van der Waals surface area contributed by atoms with Crippen molar-refractivity contribution < 1.29 is 4.79 Å². The zero-order valence-corrected chi connectivity index (χ0v) is 14.7. The van der Waals surface area contributed by atoms with E-state index >= 15 is 0 Å². The molecule has 24 heavy (non-hydrogen) atoms. The van der Waals surface area contributed by atoms with E-state index in [1.54, 1.807) is 0 Å². The quantitative estimate of drug-likeness (QED) is 0.703. The van der Waals surface area contributed by atoms with Crippen molar-refractivity contribution >= 4 is 40.2 Å².